The van der Waals surface area contributed by atoms with E-state index in [2.05, 4.69) is 0 Å². The van der Waals surface area contributed by atoms with Crippen molar-refractivity contribution in [2.24, 2.45) is 0 Å². The van der Waals surface area contributed by atoms with Gasteiger partial charge >= 0.3 is 0 Å². The first-order valence-electron chi connectivity index (χ1n) is 6.87. The van der Waals surface area contributed by atoms with Gasteiger partial charge in [-0.2, -0.15) is 0 Å². The molecule has 1 saturated heterocycles. The molecule has 0 radical (unpaired) electrons. The van der Waals surface area contributed by atoms with Crippen LogP contribution in [0, 0.1) is 6.92 Å². The van der Waals surface area contributed by atoms with Crippen molar-refractivity contribution in [3.8, 4) is 5.75 Å². The maximum atomic E-state index is 12.6. The molecule has 1 amide bonds. The number of rotatable bonds is 2. The fourth-order valence-electron chi connectivity index (χ4n) is 2.64. The molecule has 1 fully saturated rings. The predicted octanol–water partition coefficient (Wildman–Crippen LogP) is 2.73. The topological polar surface area (TPSA) is 60.8 Å². The highest BCUT2D eigenvalue weighted by atomic mass is 35.5. The van der Waals surface area contributed by atoms with Gasteiger partial charge in [0, 0.05) is 18.7 Å². The molecule has 1 aliphatic heterocycles. The first kappa shape index (κ1) is 15.1. The van der Waals surface area contributed by atoms with E-state index in [9.17, 15) is 15.0 Å². The number of hydrogen-bond donors (Lipinski definition) is 2. The third-order valence-electron chi connectivity index (χ3n) is 4.02. The summed E-state index contributed by atoms with van der Waals surface area (Å²) in [6, 6.07) is 2.99. The Bertz CT molecular complexity index is 532. The molecule has 0 bridgehead atoms. The van der Waals surface area contributed by atoms with Crippen LogP contribution in [0.4, 0.5) is 0 Å². The van der Waals surface area contributed by atoms with Gasteiger partial charge in [0.15, 0.2) is 0 Å². The molecular weight excluding hydrogens is 278 g/mol. The molecule has 5 heteroatoms. The molecule has 0 aromatic heterocycles. The molecule has 1 heterocycles. The summed E-state index contributed by atoms with van der Waals surface area (Å²) < 4.78 is 0. The van der Waals surface area contributed by atoms with Gasteiger partial charge in [0.25, 0.3) is 5.91 Å². The minimum Gasteiger partial charge on any atom is -0.506 e. The Hall–Kier alpha value is -1.26. The predicted molar refractivity (Wildman–Crippen MR) is 78.2 cm³/mol. The Morgan fingerprint density at radius 1 is 1.50 bits per heavy atom. The smallest absolute Gasteiger partial charge is 0.254 e. The van der Waals surface area contributed by atoms with Gasteiger partial charge in [-0.25, -0.2) is 0 Å². The van der Waals surface area contributed by atoms with Gasteiger partial charge in [0.05, 0.1) is 10.6 Å². The number of phenolic OH excluding ortho intramolecular Hbond substituents is 1. The number of hydrogen-bond acceptors (Lipinski definition) is 3. The number of β-amino-alcohol motifs (C(OH)–C–C–N with tert-alkyl or cyclic N) is 1. The number of likely N-dealkylation sites (tertiary alicyclic amines) is 1. The number of carbonyl (C=O) groups excluding carboxylic acids is 1. The third-order valence-corrected chi connectivity index (χ3v) is 4.33. The number of phenols is 1. The number of carbonyl (C=O) groups is 1. The van der Waals surface area contributed by atoms with Gasteiger partial charge in [-0.3, -0.25) is 4.79 Å². The van der Waals surface area contributed by atoms with E-state index < -0.39 is 5.60 Å². The van der Waals surface area contributed by atoms with E-state index in [0.29, 0.717) is 30.6 Å². The second-order valence-electron chi connectivity index (χ2n) is 5.53. The molecule has 1 aromatic rings. The van der Waals surface area contributed by atoms with Crippen LogP contribution in [-0.4, -0.2) is 39.7 Å². The SMILES string of the molecule is CCC1(O)CCCN(C(=O)c2cc(Cl)c(O)cc2C)C1. The molecule has 2 N–H and O–H groups in total. The number of aromatic hydroxyl groups is 1. The molecule has 2 rings (SSSR count). The lowest BCUT2D eigenvalue weighted by Gasteiger charge is -2.39. The van der Waals surface area contributed by atoms with Crippen molar-refractivity contribution in [2.75, 3.05) is 13.1 Å². The number of piperidine rings is 1. The van der Waals surface area contributed by atoms with E-state index in [4.69, 9.17) is 11.6 Å². The first-order chi connectivity index (χ1) is 9.36. The molecule has 1 unspecified atom stereocenters. The molecular formula is C15H20ClNO3. The zero-order valence-corrected chi connectivity index (χ0v) is 12.6. The van der Waals surface area contributed by atoms with Gasteiger partial charge in [-0.1, -0.05) is 18.5 Å². The van der Waals surface area contributed by atoms with Crippen LogP contribution in [0.15, 0.2) is 12.1 Å². The highest BCUT2D eigenvalue weighted by Gasteiger charge is 2.34. The van der Waals surface area contributed by atoms with Gasteiger partial charge in [0.2, 0.25) is 0 Å². The van der Waals surface area contributed by atoms with Crippen molar-refractivity contribution >= 4 is 17.5 Å². The van der Waals surface area contributed by atoms with Crippen LogP contribution in [0.3, 0.4) is 0 Å². The fraction of sp³-hybridized carbons (Fsp3) is 0.533. The number of halogens is 1. The van der Waals surface area contributed by atoms with Crippen LogP contribution >= 0.6 is 11.6 Å². The lowest BCUT2D eigenvalue weighted by atomic mass is 9.90. The summed E-state index contributed by atoms with van der Waals surface area (Å²) in [6.07, 6.45) is 2.15. The monoisotopic (exact) mass is 297 g/mol. The van der Waals surface area contributed by atoms with Crippen molar-refractivity contribution in [1.29, 1.82) is 0 Å². The molecule has 1 aliphatic rings. The van der Waals surface area contributed by atoms with Crippen LogP contribution in [0.25, 0.3) is 0 Å². The van der Waals surface area contributed by atoms with Crippen LogP contribution in [0.1, 0.15) is 42.1 Å². The summed E-state index contributed by atoms with van der Waals surface area (Å²) in [5.41, 5.74) is 0.373. The molecule has 0 aliphatic carbocycles. The number of aryl methyl sites for hydroxylation is 1. The summed E-state index contributed by atoms with van der Waals surface area (Å²) >= 11 is 5.88. The van der Waals surface area contributed by atoms with E-state index in [1.165, 1.54) is 12.1 Å². The summed E-state index contributed by atoms with van der Waals surface area (Å²) in [6.45, 7) is 4.68. The molecule has 0 saturated carbocycles. The van der Waals surface area contributed by atoms with E-state index in [1.807, 2.05) is 6.92 Å². The van der Waals surface area contributed by atoms with Crippen molar-refractivity contribution in [1.82, 2.24) is 4.90 Å². The van der Waals surface area contributed by atoms with E-state index >= 15 is 0 Å². The Morgan fingerprint density at radius 3 is 2.85 bits per heavy atom. The van der Waals surface area contributed by atoms with Gasteiger partial charge in [-0.05, 0) is 43.9 Å². The molecule has 0 spiro atoms. The fourth-order valence-corrected chi connectivity index (χ4v) is 2.80. The molecule has 110 valence electrons. The maximum Gasteiger partial charge on any atom is 0.254 e. The minimum atomic E-state index is -0.789. The summed E-state index contributed by atoms with van der Waals surface area (Å²) in [5, 5.41) is 20.1. The van der Waals surface area contributed by atoms with Gasteiger partial charge in [-0.15, -0.1) is 0 Å². The Morgan fingerprint density at radius 2 is 2.20 bits per heavy atom. The molecule has 1 atom stereocenters. The summed E-state index contributed by atoms with van der Waals surface area (Å²) in [5.74, 6) is -0.166. The van der Waals surface area contributed by atoms with Gasteiger partial charge in [0.1, 0.15) is 5.75 Å². The highest BCUT2D eigenvalue weighted by Crippen LogP contribution is 2.30. The highest BCUT2D eigenvalue weighted by molar-refractivity contribution is 6.32. The molecule has 1 aromatic carbocycles. The van der Waals surface area contributed by atoms with Crippen LogP contribution in [0.2, 0.25) is 5.02 Å². The normalized spacial score (nSPS) is 22.9. The summed E-state index contributed by atoms with van der Waals surface area (Å²) in [4.78, 5) is 14.2. The number of benzene rings is 1. The zero-order valence-electron chi connectivity index (χ0n) is 11.8. The van der Waals surface area contributed by atoms with Crippen LogP contribution in [0.5, 0.6) is 5.75 Å². The van der Waals surface area contributed by atoms with Crippen molar-refractivity contribution < 1.29 is 15.0 Å². The quantitative estimate of drug-likeness (QED) is 0.882. The van der Waals surface area contributed by atoms with Crippen molar-refractivity contribution in [2.45, 2.75) is 38.7 Å². The lowest BCUT2D eigenvalue weighted by Crippen LogP contribution is -2.50. The molecule has 4 nitrogen and oxygen atoms in total. The van der Waals surface area contributed by atoms with Crippen molar-refractivity contribution in [3.63, 3.8) is 0 Å². The largest absolute Gasteiger partial charge is 0.506 e. The third kappa shape index (κ3) is 2.91. The van der Waals surface area contributed by atoms with E-state index in [1.54, 1.807) is 11.8 Å². The van der Waals surface area contributed by atoms with Gasteiger partial charge < -0.3 is 15.1 Å². The standard InChI is InChI=1S/C15H20ClNO3/c1-3-15(20)5-4-6-17(9-15)14(19)11-8-12(16)13(18)7-10(11)2/h7-8,18,20H,3-6,9H2,1-2H3. The summed E-state index contributed by atoms with van der Waals surface area (Å²) in [7, 11) is 0. The maximum absolute atomic E-state index is 12.6. The molecule has 20 heavy (non-hydrogen) atoms. The first-order valence-corrected chi connectivity index (χ1v) is 7.25. The number of aliphatic hydroxyl groups is 1. The Kier molecular flexibility index (Phi) is 4.25. The van der Waals surface area contributed by atoms with E-state index in [0.717, 1.165) is 12.8 Å². The second kappa shape index (κ2) is 5.62. The Labute approximate surface area is 124 Å². The average molecular weight is 298 g/mol. The zero-order chi connectivity index (χ0) is 14.9. The van der Waals surface area contributed by atoms with Crippen LogP contribution < -0.4 is 0 Å². The average Bonchev–Trinajstić information content (AvgIpc) is 2.42. The Balaban J connectivity index is 2.25. The van der Waals surface area contributed by atoms with E-state index in [-0.39, 0.29) is 16.7 Å². The number of nitrogens with zero attached hydrogens (tertiary/aromatic N) is 1. The lowest BCUT2D eigenvalue weighted by molar-refractivity contribution is -0.0270. The van der Waals surface area contributed by atoms with Crippen molar-refractivity contribution in [3.05, 3.63) is 28.3 Å². The van der Waals surface area contributed by atoms with Crippen LogP contribution in [-0.2, 0) is 0 Å². The minimum absolute atomic E-state index is 0.0237. The second-order valence-corrected chi connectivity index (χ2v) is 5.93. The number of amides is 1.